The van der Waals surface area contributed by atoms with Gasteiger partial charge in [0.2, 0.25) is 0 Å². The van der Waals surface area contributed by atoms with Crippen LogP contribution in [0.1, 0.15) is 49.6 Å². The molecule has 2 aromatic heterocycles. The van der Waals surface area contributed by atoms with Gasteiger partial charge in [-0.3, -0.25) is 0 Å². The van der Waals surface area contributed by atoms with Crippen LogP contribution in [-0.2, 0) is 4.74 Å². The second-order valence-electron chi connectivity index (χ2n) is 4.78. The Morgan fingerprint density at radius 1 is 1.20 bits per heavy atom. The summed E-state index contributed by atoms with van der Waals surface area (Å²) in [7, 11) is 0. The van der Waals surface area contributed by atoms with E-state index in [0.29, 0.717) is 6.61 Å². The summed E-state index contributed by atoms with van der Waals surface area (Å²) in [5.74, 6) is 1.73. The Labute approximate surface area is 124 Å². The van der Waals surface area contributed by atoms with E-state index in [1.807, 2.05) is 6.92 Å². The van der Waals surface area contributed by atoms with Crippen LogP contribution in [0.25, 0.3) is 10.2 Å². The van der Waals surface area contributed by atoms with Crippen LogP contribution in [0, 0.1) is 13.8 Å². The van der Waals surface area contributed by atoms with Crippen molar-refractivity contribution in [3.63, 3.8) is 0 Å². The third kappa shape index (κ3) is 2.79. The monoisotopic (exact) mass is 293 g/mol. The molecule has 1 N–H and O–H groups in total. The van der Waals surface area contributed by atoms with Crippen LogP contribution in [0.4, 0.5) is 5.82 Å². The van der Waals surface area contributed by atoms with Gasteiger partial charge in [0.1, 0.15) is 16.8 Å². The molecule has 0 aliphatic rings. The van der Waals surface area contributed by atoms with Crippen LogP contribution in [0.5, 0.6) is 0 Å². The minimum atomic E-state index is -0.0236. The van der Waals surface area contributed by atoms with Gasteiger partial charge in [0.25, 0.3) is 0 Å². The van der Waals surface area contributed by atoms with Gasteiger partial charge in [-0.1, -0.05) is 6.92 Å². The summed E-state index contributed by atoms with van der Waals surface area (Å²) in [4.78, 5) is 11.8. The Balaban J connectivity index is 2.58. The summed E-state index contributed by atoms with van der Waals surface area (Å²) < 4.78 is 5.75. The molecule has 2 aromatic rings. The Bertz CT molecular complexity index is 594. The standard InChI is InChI=1S/C15H23N3OS/c1-6-11(19-8-3)13-17-14(16-7-2)12-9(4)10(5)20-15(12)18-13/h11H,6-8H2,1-5H3,(H,16,17,18). The van der Waals surface area contributed by atoms with E-state index in [1.165, 1.54) is 10.4 Å². The zero-order valence-corrected chi connectivity index (χ0v) is 13.7. The van der Waals surface area contributed by atoms with Gasteiger partial charge in [0.05, 0.1) is 5.39 Å². The van der Waals surface area contributed by atoms with Crippen LogP contribution >= 0.6 is 11.3 Å². The maximum Gasteiger partial charge on any atom is 0.161 e. The molecule has 0 amide bonds. The zero-order valence-electron chi connectivity index (χ0n) is 12.9. The molecule has 0 saturated carbocycles. The van der Waals surface area contributed by atoms with E-state index in [-0.39, 0.29) is 6.10 Å². The fraction of sp³-hybridized carbons (Fsp3) is 0.600. The summed E-state index contributed by atoms with van der Waals surface area (Å²) >= 11 is 1.73. The van der Waals surface area contributed by atoms with Gasteiger partial charge in [-0.05, 0) is 39.7 Å². The van der Waals surface area contributed by atoms with Crippen LogP contribution in [0.2, 0.25) is 0 Å². The molecular weight excluding hydrogens is 270 g/mol. The molecule has 1 unspecified atom stereocenters. The molecule has 20 heavy (non-hydrogen) atoms. The molecule has 0 radical (unpaired) electrons. The van der Waals surface area contributed by atoms with Gasteiger partial charge >= 0.3 is 0 Å². The number of fused-ring (bicyclic) bond motifs is 1. The van der Waals surface area contributed by atoms with E-state index in [0.717, 1.165) is 34.8 Å². The summed E-state index contributed by atoms with van der Waals surface area (Å²) in [6.07, 6.45) is 0.860. The number of rotatable bonds is 6. The second-order valence-corrected chi connectivity index (χ2v) is 5.98. The lowest BCUT2D eigenvalue weighted by atomic mass is 10.2. The molecule has 0 aromatic carbocycles. The van der Waals surface area contributed by atoms with Gasteiger partial charge in [-0.25, -0.2) is 9.97 Å². The number of aromatic nitrogens is 2. The quantitative estimate of drug-likeness (QED) is 0.866. The van der Waals surface area contributed by atoms with Crippen LogP contribution in [0.3, 0.4) is 0 Å². The molecule has 2 heterocycles. The van der Waals surface area contributed by atoms with Crippen molar-refractivity contribution in [3.8, 4) is 0 Å². The number of anilines is 1. The summed E-state index contributed by atoms with van der Waals surface area (Å²) in [6.45, 7) is 12.0. The number of hydrogen-bond acceptors (Lipinski definition) is 5. The van der Waals surface area contributed by atoms with Gasteiger partial charge < -0.3 is 10.1 Å². The molecule has 0 saturated heterocycles. The SMILES string of the molecule is CCNc1nc(C(CC)OCC)nc2sc(C)c(C)c12. The minimum absolute atomic E-state index is 0.0236. The molecular formula is C15H23N3OS. The summed E-state index contributed by atoms with van der Waals surface area (Å²) in [5.41, 5.74) is 1.27. The van der Waals surface area contributed by atoms with Crippen molar-refractivity contribution in [1.29, 1.82) is 0 Å². The molecule has 5 heteroatoms. The fourth-order valence-electron chi connectivity index (χ4n) is 2.28. The predicted octanol–water partition coefficient (Wildman–Crippen LogP) is 4.23. The number of aryl methyl sites for hydroxylation is 2. The Morgan fingerprint density at radius 2 is 1.95 bits per heavy atom. The van der Waals surface area contributed by atoms with Crippen molar-refractivity contribution >= 4 is 27.4 Å². The smallest absolute Gasteiger partial charge is 0.161 e. The van der Waals surface area contributed by atoms with Crippen LogP contribution in [0.15, 0.2) is 0 Å². The van der Waals surface area contributed by atoms with Crippen molar-refractivity contribution in [1.82, 2.24) is 9.97 Å². The summed E-state index contributed by atoms with van der Waals surface area (Å²) in [5, 5.41) is 4.52. The normalized spacial score (nSPS) is 12.8. The number of ether oxygens (including phenoxy) is 1. The van der Waals surface area contributed by atoms with E-state index in [9.17, 15) is 0 Å². The molecule has 0 bridgehead atoms. The molecule has 2 rings (SSSR count). The molecule has 0 aliphatic heterocycles. The molecule has 4 nitrogen and oxygen atoms in total. The van der Waals surface area contributed by atoms with E-state index in [1.54, 1.807) is 11.3 Å². The number of nitrogens with one attached hydrogen (secondary N) is 1. The third-order valence-electron chi connectivity index (χ3n) is 3.42. The first-order valence-corrected chi connectivity index (χ1v) is 8.07. The van der Waals surface area contributed by atoms with Gasteiger partial charge in [0.15, 0.2) is 5.82 Å². The maximum atomic E-state index is 5.75. The molecule has 0 spiro atoms. The van der Waals surface area contributed by atoms with Crippen molar-refractivity contribution in [2.75, 3.05) is 18.5 Å². The first-order chi connectivity index (χ1) is 9.62. The lowest BCUT2D eigenvalue weighted by Crippen LogP contribution is -2.10. The zero-order chi connectivity index (χ0) is 14.7. The second kappa shape index (κ2) is 6.50. The van der Waals surface area contributed by atoms with Crippen LogP contribution < -0.4 is 5.32 Å². The van der Waals surface area contributed by atoms with Crippen molar-refractivity contribution in [2.24, 2.45) is 0 Å². The Morgan fingerprint density at radius 3 is 2.55 bits per heavy atom. The molecule has 1 atom stereocenters. The predicted molar refractivity (Wildman–Crippen MR) is 85.7 cm³/mol. The first-order valence-electron chi connectivity index (χ1n) is 7.25. The number of hydrogen-bond donors (Lipinski definition) is 1. The minimum Gasteiger partial charge on any atom is -0.371 e. The van der Waals surface area contributed by atoms with Crippen molar-refractivity contribution < 1.29 is 4.74 Å². The van der Waals surface area contributed by atoms with Gasteiger partial charge in [-0.2, -0.15) is 0 Å². The highest BCUT2D eigenvalue weighted by Gasteiger charge is 2.19. The number of thiophene rings is 1. The highest BCUT2D eigenvalue weighted by Crippen LogP contribution is 2.34. The molecule has 110 valence electrons. The van der Waals surface area contributed by atoms with E-state index >= 15 is 0 Å². The van der Waals surface area contributed by atoms with Crippen molar-refractivity contribution in [3.05, 3.63) is 16.3 Å². The van der Waals surface area contributed by atoms with E-state index < -0.39 is 0 Å². The van der Waals surface area contributed by atoms with Crippen LogP contribution in [-0.4, -0.2) is 23.1 Å². The first kappa shape index (κ1) is 15.2. The Hall–Kier alpha value is -1.20. The highest BCUT2D eigenvalue weighted by molar-refractivity contribution is 7.18. The Kier molecular flexibility index (Phi) is 4.94. The van der Waals surface area contributed by atoms with Gasteiger partial charge in [0, 0.05) is 18.0 Å². The summed E-state index contributed by atoms with van der Waals surface area (Å²) in [6, 6.07) is 0. The fourth-order valence-corrected chi connectivity index (χ4v) is 3.32. The average molecular weight is 293 g/mol. The average Bonchev–Trinajstić information content (AvgIpc) is 2.72. The van der Waals surface area contributed by atoms with E-state index in [4.69, 9.17) is 14.7 Å². The highest BCUT2D eigenvalue weighted by atomic mass is 32.1. The molecule has 0 fully saturated rings. The molecule has 0 aliphatic carbocycles. The lowest BCUT2D eigenvalue weighted by molar-refractivity contribution is 0.0538. The van der Waals surface area contributed by atoms with Crippen molar-refractivity contribution in [2.45, 2.75) is 47.1 Å². The lowest BCUT2D eigenvalue weighted by Gasteiger charge is -2.15. The van der Waals surface area contributed by atoms with E-state index in [2.05, 4.69) is 33.0 Å². The largest absolute Gasteiger partial charge is 0.371 e. The maximum absolute atomic E-state index is 5.75. The number of nitrogens with zero attached hydrogens (tertiary/aromatic N) is 2. The topological polar surface area (TPSA) is 47.0 Å². The van der Waals surface area contributed by atoms with Gasteiger partial charge in [-0.15, -0.1) is 11.3 Å². The third-order valence-corrected chi connectivity index (χ3v) is 4.52.